The van der Waals surface area contributed by atoms with Crippen LogP contribution in [0.3, 0.4) is 0 Å². The number of nitrogens with one attached hydrogen (secondary N) is 3. The number of ketones is 1. The molecule has 1 aliphatic rings. The van der Waals surface area contributed by atoms with Gasteiger partial charge in [0.2, 0.25) is 5.91 Å². The number of carbonyl (C=O) groups excluding carboxylic acids is 4. The lowest BCUT2D eigenvalue weighted by atomic mass is 9.96. The molecule has 4 amide bonds. The van der Waals surface area contributed by atoms with E-state index in [9.17, 15) is 19.2 Å². The summed E-state index contributed by atoms with van der Waals surface area (Å²) in [6.45, 7) is 3.97. The zero-order valence-corrected chi connectivity index (χ0v) is 16.3. The molecule has 150 valence electrons. The number of carbonyl (C=O) groups is 4. The Morgan fingerprint density at radius 1 is 1.00 bits per heavy atom. The lowest BCUT2D eigenvalue weighted by Crippen LogP contribution is -2.37. The van der Waals surface area contributed by atoms with Gasteiger partial charge in [-0.05, 0) is 29.5 Å². The van der Waals surface area contributed by atoms with Crippen LogP contribution in [-0.4, -0.2) is 36.2 Å². The number of hydrogen-bond donors (Lipinski definition) is 3. The first-order chi connectivity index (χ1) is 13.8. The van der Waals surface area contributed by atoms with E-state index < -0.39 is 18.0 Å². The highest BCUT2D eigenvalue weighted by molar-refractivity contribution is 6.05. The fraction of sp³-hybridized carbons (Fsp3) is 0.273. The molecule has 1 aliphatic heterocycles. The Hall–Kier alpha value is -3.48. The standard InChI is InChI=1S/C22H23N3O4/c1-13(12-23-20(27)11-19-21(28)25-22(29)24-19)15-3-7-17(8-4-15)18-9-5-16(6-10-18)14(2)26/h3-10,13,19H,11-12H2,1-2H3,(H,23,27)(H2,24,25,28,29). The van der Waals surface area contributed by atoms with Crippen LogP contribution in [-0.2, 0) is 9.59 Å². The van der Waals surface area contributed by atoms with Gasteiger partial charge >= 0.3 is 6.03 Å². The van der Waals surface area contributed by atoms with Gasteiger partial charge < -0.3 is 10.6 Å². The van der Waals surface area contributed by atoms with Gasteiger partial charge in [-0.1, -0.05) is 55.5 Å². The number of hydrogen-bond acceptors (Lipinski definition) is 4. The van der Waals surface area contributed by atoms with Gasteiger partial charge in [0.1, 0.15) is 6.04 Å². The average Bonchev–Trinajstić information content (AvgIpc) is 3.03. The molecule has 3 rings (SSSR count). The third-order valence-electron chi connectivity index (χ3n) is 4.96. The molecule has 0 aromatic heterocycles. The van der Waals surface area contributed by atoms with E-state index in [1.165, 1.54) is 0 Å². The number of rotatable bonds is 7. The van der Waals surface area contributed by atoms with E-state index in [0.29, 0.717) is 12.1 Å². The van der Waals surface area contributed by atoms with Gasteiger partial charge in [0.15, 0.2) is 5.78 Å². The summed E-state index contributed by atoms with van der Waals surface area (Å²) >= 11 is 0. The normalized spacial score (nSPS) is 16.7. The van der Waals surface area contributed by atoms with E-state index >= 15 is 0 Å². The molecule has 1 saturated heterocycles. The third-order valence-corrected chi connectivity index (χ3v) is 4.96. The molecule has 29 heavy (non-hydrogen) atoms. The minimum Gasteiger partial charge on any atom is -0.355 e. The first kappa shape index (κ1) is 20.3. The van der Waals surface area contributed by atoms with Gasteiger partial charge in [0.25, 0.3) is 5.91 Å². The Labute approximate surface area is 168 Å². The number of urea groups is 1. The highest BCUT2D eigenvalue weighted by atomic mass is 16.2. The van der Waals surface area contributed by atoms with E-state index in [2.05, 4.69) is 16.0 Å². The maximum Gasteiger partial charge on any atom is 0.322 e. The topological polar surface area (TPSA) is 104 Å². The molecular formula is C22H23N3O4. The molecule has 1 fully saturated rings. The van der Waals surface area contributed by atoms with Crippen molar-refractivity contribution < 1.29 is 19.2 Å². The molecule has 1 heterocycles. The van der Waals surface area contributed by atoms with Crippen molar-refractivity contribution in [3.8, 4) is 11.1 Å². The Morgan fingerprint density at radius 2 is 1.59 bits per heavy atom. The second kappa shape index (κ2) is 8.68. The first-order valence-electron chi connectivity index (χ1n) is 9.43. The summed E-state index contributed by atoms with van der Waals surface area (Å²) in [5, 5.41) is 7.31. The van der Waals surface area contributed by atoms with Crippen LogP contribution >= 0.6 is 0 Å². The van der Waals surface area contributed by atoms with E-state index in [1.807, 2.05) is 55.5 Å². The monoisotopic (exact) mass is 393 g/mol. The summed E-state index contributed by atoms with van der Waals surface area (Å²) in [4.78, 5) is 46.0. The summed E-state index contributed by atoms with van der Waals surface area (Å²) in [6, 6.07) is 14.1. The second-order valence-electron chi connectivity index (χ2n) is 7.18. The molecule has 0 spiro atoms. The third kappa shape index (κ3) is 5.07. The second-order valence-corrected chi connectivity index (χ2v) is 7.18. The summed E-state index contributed by atoms with van der Waals surface area (Å²) in [5.74, 6) is -0.648. The average molecular weight is 393 g/mol. The summed E-state index contributed by atoms with van der Waals surface area (Å²) in [6.07, 6.45) is -0.0838. The van der Waals surface area contributed by atoms with Gasteiger partial charge in [-0.3, -0.25) is 19.7 Å². The fourth-order valence-corrected chi connectivity index (χ4v) is 3.15. The zero-order valence-electron chi connectivity index (χ0n) is 16.3. The van der Waals surface area contributed by atoms with Crippen LogP contribution in [0.2, 0.25) is 0 Å². The van der Waals surface area contributed by atoms with Crippen molar-refractivity contribution in [2.45, 2.75) is 32.2 Å². The van der Waals surface area contributed by atoms with Crippen LogP contribution in [0.15, 0.2) is 48.5 Å². The molecule has 0 radical (unpaired) electrons. The zero-order chi connectivity index (χ0) is 21.0. The lowest BCUT2D eigenvalue weighted by Gasteiger charge is -2.15. The quantitative estimate of drug-likeness (QED) is 0.496. The SMILES string of the molecule is CC(=O)c1ccc(-c2ccc(C(C)CNC(=O)CC3NC(=O)NC3=O)cc2)cc1. The number of benzene rings is 2. The number of Topliss-reactive ketones (excluding diaryl/α,β-unsaturated/α-hetero) is 1. The van der Waals surface area contributed by atoms with E-state index in [-0.39, 0.29) is 24.0 Å². The molecule has 2 aromatic carbocycles. The molecule has 2 aromatic rings. The fourth-order valence-electron chi connectivity index (χ4n) is 3.15. The van der Waals surface area contributed by atoms with Crippen molar-refractivity contribution >= 4 is 23.6 Å². The Bertz CT molecular complexity index is 936. The predicted molar refractivity (Wildman–Crippen MR) is 108 cm³/mol. The highest BCUT2D eigenvalue weighted by Crippen LogP contribution is 2.23. The van der Waals surface area contributed by atoms with Gasteiger partial charge in [0.05, 0.1) is 6.42 Å². The Kier molecular flexibility index (Phi) is 6.07. The molecule has 2 unspecified atom stereocenters. The minimum absolute atomic E-state index is 0.0405. The van der Waals surface area contributed by atoms with E-state index in [0.717, 1.165) is 16.7 Å². The van der Waals surface area contributed by atoms with Crippen LogP contribution in [0.25, 0.3) is 11.1 Å². The van der Waals surface area contributed by atoms with Crippen molar-refractivity contribution in [2.24, 2.45) is 0 Å². The van der Waals surface area contributed by atoms with E-state index in [1.54, 1.807) is 6.92 Å². The van der Waals surface area contributed by atoms with Crippen LogP contribution in [0.5, 0.6) is 0 Å². The van der Waals surface area contributed by atoms with Crippen molar-refractivity contribution in [1.29, 1.82) is 0 Å². The largest absolute Gasteiger partial charge is 0.355 e. The first-order valence-corrected chi connectivity index (χ1v) is 9.43. The molecule has 7 heteroatoms. The van der Waals surface area contributed by atoms with Crippen LogP contribution in [0.1, 0.15) is 42.1 Å². The van der Waals surface area contributed by atoms with Crippen LogP contribution in [0.4, 0.5) is 4.79 Å². The van der Waals surface area contributed by atoms with Crippen LogP contribution < -0.4 is 16.0 Å². The maximum atomic E-state index is 12.0. The summed E-state index contributed by atoms with van der Waals surface area (Å²) in [5.41, 5.74) is 3.83. The smallest absolute Gasteiger partial charge is 0.322 e. The minimum atomic E-state index is -0.813. The predicted octanol–water partition coefficient (Wildman–Crippen LogP) is 2.37. The van der Waals surface area contributed by atoms with Crippen molar-refractivity contribution in [2.75, 3.05) is 6.54 Å². The number of imide groups is 1. The van der Waals surface area contributed by atoms with Gasteiger partial charge in [0, 0.05) is 12.1 Å². The maximum absolute atomic E-state index is 12.0. The molecule has 0 saturated carbocycles. The summed E-state index contributed by atoms with van der Waals surface area (Å²) in [7, 11) is 0. The van der Waals surface area contributed by atoms with Crippen molar-refractivity contribution in [1.82, 2.24) is 16.0 Å². The summed E-state index contributed by atoms with van der Waals surface area (Å²) < 4.78 is 0. The van der Waals surface area contributed by atoms with Gasteiger partial charge in [-0.15, -0.1) is 0 Å². The molecule has 2 atom stereocenters. The molecule has 0 aliphatic carbocycles. The molecule has 3 N–H and O–H groups in total. The number of amides is 4. The van der Waals surface area contributed by atoms with E-state index in [4.69, 9.17) is 0 Å². The highest BCUT2D eigenvalue weighted by Gasteiger charge is 2.31. The molecule has 7 nitrogen and oxygen atoms in total. The van der Waals surface area contributed by atoms with Crippen LogP contribution in [0, 0.1) is 0 Å². The van der Waals surface area contributed by atoms with Gasteiger partial charge in [-0.25, -0.2) is 4.79 Å². The molecular weight excluding hydrogens is 370 g/mol. The lowest BCUT2D eigenvalue weighted by molar-refractivity contribution is -0.126. The van der Waals surface area contributed by atoms with Crippen molar-refractivity contribution in [3.63, 3.8) is 0 Å². The molecule has 0 bridgehead atoms. The Balaban J connectivity index is 1.54. The van der Waals surface area contributed by atoms with Gasteiger partial charge in [-0.2, -0.15) is 0 Å². The van der Waals surface area contributed by atoms with Crippen molar-refractivity contribution in [3.05, 3.63) is 59.7 Å². The Morgan fingerprint density at radius 3 is 2.10 bits per heavy atom.